The molecule has 0 amide bonds. The van der Waals surface area contributed by atoms with E-state index in [1.54, 1.807) is 7.11 Å². The average Bonchev–Trinajstić information content (AvgIpc) is 1.98. The van der Waals surface area contributed by atoms with Crippen LogP contribution in [0.3, 0.4) is 0 Å². The molecule has 2 N–H and O–H groups in total. The number of hydrogen-bond donors (Lipinski definition) is 1. The highest BCUT2D eigenvalue weighted by Crippen LogP contribution is 2.29. The lowest BCUT2D eigenvalue weighted by Gasteiger charge is -2.40. The Labute approximate surface area is 74.9 Å². The molecule has 0 aromatic carbocycles. The van der Waals surface area contributed by atoms with Gasteiger partial charge >= 0.3 is 0 Å². The van der Waals surface area contributed by atoms with Crippen LogP contribution < -0.4 is 5.73 Å². The Bertz CT molecular complexity index is 134. The third-order valence-electron chi connectivity index (χ3n) is 2.61. The molecule has 0 aromatic rings. The summed E-state index contributed by atoms with van der Waals surface area (Å²) in [6.45, 7) is 2.79. The molecule has 0 aliphatic heterocycles. The standard InChI is InChI=1S/C9H20N2O/c1-11(6-7-12-2)8-9(10)4-3-5-9/h3-8,10H2,1-2H3. The number of methoxy groups -OCH3 is 1. The van der Waals surface area contributed by atoms with Gasteiger partial charge in [-0.2, -0.15) is 0 Å². The maximum absolute atomic E-state index is 6.09. The summed E-state index contributed by atoms with van der Waals surface area (Å²) < 4.78 is 5.00. The molecule has 1 rings (SSSR count). The third kappa shape index (κ3) is 2.73. The fourth-order valence-electron chi connectivity index (χ4n) is 1.65. The molecule has 1 aliphatic rings. The van der Waals surface area contributed by atoms with Crippen LogP contribution in [0, 0.1) is 0 Å². The average molecular weight is 172 g/mol. The van der Waals surface area contributed by atoms with Gasteiger partial charge in [-0.3, -0.25) is 0 Å². The number of rotatable bonds is 5. The predicted octanol–water partition coefficient (Wildman–Crippen LogP) is 0.446. The molecule has 0 radical (unpaired) electrons. The van der Waals surface area contributed by atoms with E-state index in [9.17, 15) is 0 Å². The summed E-state index contributed by atoms with van der Waals surface area (Å²) in [5.74, 6) is 0. The molecular formula is C9H20N2O. The normalized spacial score (nSPS) is 21.0. The number of likely N-dealkylation sites (N-methyl/N-ethyl adjacent to an activating group) is 1. The number of ether oxygens (including phenoxy) is 1. The first kappa shape index (κ1) is 9.96. The molecule has 3 heteroatoms. The van der Waals surface area contributed by atoms with Crippen LogP contribution in [0.25, 0.3) is 0 Å². The second-order valence-corrected chi connectivity index (χ2v) is 3.95. The van der Waals surface area contributed by atoms with E-state index in [0.717, 1.165) is 19.7 Å². The van der Waals surface area contributed by atoms with E-state index in [0.29, 0.717) is 0 Å². The molecule has 0 saturated heterocycles. The van der Waals surface area contributed by atoms with Crippen molar-refractivity contribution in [1.82, 2.24) is 4.90 Å². The van der Waals surface area contributed by atoms with Gasteiger partial charge in [0.1, 0.15) is 0 Å². The number of nitrogens with zero attached hydrogens (tertiary/aromatic N) is 1. The minimum Gasteiger partial charge on any atom is -0.383 e. The summed E-state index contributed by atoms with van der Waals surface area (Å²) in [6.07, 6.45) is 3.67. The van der Waals surface area contributed by atoms with Crippen molar-refractivity contribution in [3.63, 3.8) is 0 Å². The van der Waals surface area contributed by atoms with Crippen LogP contribution in [-0.2, 0) is 4.74 Å². The van der Waals surface area contributed by atoms with Crippen molar-refractivity contribution in [2.75, 3.05) is 33.9 Å². The molecule has 1 fully saturated rings. The molecule has 0 heterocycles. The molecule has 0 atom stereocenters. The van der Waals surface area contributed by atoms with E-state index < -0.39 is 0 Å². The first-order valence-corrected chi connectivity index (χ1v) is 4.63. The summed E-state index contributed by atoms with van der Waals surface area (Å²) in [5.41, 5.74) is 6.21. The van der Waals surface area contributed by atoms with Gasteiger partial charge in [0.25, 0.3) is 0 Å². The van der Waals surface area contributed by atoms with Crippen LogP contribution in [0.2, 0.25) is 0 Å². The molecule has 12 heavy (non-hydrogen) atoms. The van der Waals surface area contributed by atoms with Crippen LogP contribution in [0.1, 0.15) is 19.3 Å². The predicted molar refractivity (Wildman–Crippen MR) is 50.1 cm³/mol. The molecule has 0 unspecified atom stereocenters. The third-order valence-corrected chi connectivity index (χ3v) is 2.61. The van der Waals surface area contributed by atoms with Gasteiger partial charge in [-0.25, -0.2) is 0 Å². The highest BCUT2D eigenvalue weighted by atomic mass is 16.5. The van der Waals surface area contributed by atoms with Crippen molar-refractivity contribution < 1.29 is 4.74 Å². The van der Waals surface area contributed by atoms with Crippen LogP contribution in [0.15, 0.2) is 0 Å². The maximum atomic E-state index is 6.09. The molecule has 3 nitrogen and oxygen atoms in total. The first-order valence-electron chi connectivity index (χ1n) is 4.63. The fraction of sp³-hybridized carbons (Fsp3) is 1.00. The summed E-state index contributed by atoms with van der Waals surface area (Å²) in [7, 11) is 3.83. The van der Waals surface area contributed by atoms with Crippen LogP contribution in [-0.4, -0.2) is 44.3 Å². The summed E-state index contributed by atoms with van der Waals surface area (Å²) >= 11 is 0. The van der Waals surface area contributed by atoms with Gasteiger partial charge < -0.3 is 15.4 Å². The topological polar surface area (TPSA) is 38.5 Å². The van der Waals surface area contributed by atoms with E-state index >= 15 is 0 Å². The van der Waals surface area contributed by atoms with Crippen molar-refractivity contribution >= 4 is 0 Å². The number of nitrogens with two attached hydrogens (primary N) is 1. The van der Waals surface area contributed by atoms with Gasteiger partial charge in [0, 0.05) is 25.7 Å². The molecular weight excluding hydrogens is 152 g/mol. The van der Waals surface area contributed by atoms with E-state index in [2.05, 4.69) is 11.9 Å². The fourth-order valence-corrected chi connectivity index (χ4v) is 1.65. The van der Waals surface area contributed by atoms with Crippen molar-refractivity contribution in [2.45, 2.75) is 24.8 Å². The Morgan fingerprint density at radius 2 is 2.17 bits per heavy atom. The van der Waals surface area contributed by atoms with E-state index in [-0.39, 0.29) is 5.54 Å². The Hall–Kier alpha value is -0.120. The zero-order chi connectivity index (χ0) is 9.03. The first-order chi connectivity index (χ1) is 5.66. The molecule has 0 spiro atoms. The summed E-state index contributed by atoms with van der Waals surface area (Å²) in [4.78, 5) is 2.25. The maximum Gasteiger partial charge on any atom is 0.0589 e. The zero-order valence-electron chi connectivity index (χ0n) is 8.18. The van der Waals surface area contributed by atoms with E-state index in [1.807, 2.05) is 0 Å². The largest absolute Gasteiger partial charge is 0.383 e. The Morgan fingerprint density at radius 3 is 2.58 bits per heavy atom. The lowest BCUT2D eigenvalue weighted by Crippen LogP contribution is -2.54. The minimum absolute atomic E-state index is 0.114. The van der Waals surface area contributed by atoms with Gasteiger partial charge in [0.15, 0.2) is 0 Å². The lowest BCUT2D eigenvalue weighted by atomic mass is 9.77. The zero-order valence-corrected chi connectivity index (χ0v) is 8.18. The molecule has 0 aromatic heterocycles. The van der Waals surface area contributed by atoms with Gasteiger partial charge in [-0.1, -0.05) is 0 Å². The van der Waals surface area contributed by atoms with Crippen molar-refractivity contribution in [3.05, 3.63) is 0 Å². The van der Waals surface area contributed by atoms with Crippen molar-refractivity contribution in [3.8, 4) is 0 Å². The molecule has 0 bridgehead atoms. The van der Waals surface area contributed by atoms with Gasteiger partial charge in [0.2, 0.25) is 0 Å². The molecule has 1 aliphatic carbocycles. The summed E-state index contributed by atoms with van der Waals surface area (Å²) in [5, 5.41) is 0. The monoisotopic (exact) mass is 172 g/mol. The van der Waals surface area contributed by atoms with E-state index in [4.69, 9.17) is 10.5 Å². The quantitative estimate of drug-likeness (QED) is 0.654. The van der Waals surface area contributed by atoms with Crippen molar-refractivity contribution in [1.29, 1.82) is 0 Å². The number of hydrogen-bond acceptors (Lipinski definition) is 3. The van der Waals surface area contributed by atoms with Gasteiger partial charge in [0.05, 0.1) is 6.61 Å². The highest BCUT2D eigenvalue weighted by Gasteiger charge is 2.33. The Balaban J connectivity index is 2.12. The van der Waals surface area contributed by atoms with Crippen molar-refractivity contribution in [2.24, 2.45) is 5.73 Å². The van der Waals surface area contributed by atoms with Gasteiger partial charge in [-0.05, 0) is 26.3 Å². The van der Waals surface area contributed by atoms with E-state index in [1.165, 1.54) is 19.3 Å². The Morgan fingerprint density at radius 1 is 1.50 bits per heavy atom. The minimum atomic E-state index is 0.114. The smallest absolute Gasteiger partial charge is 0.0589 e. The SMILES string of the molecule is COCCN(C)CC1(N)CCC1. The second kappa shape index (κ2) is 4.21. The van der Waals surface area contributed by atoms with Crippen LogP contribution in [0.5, 0.6) is 0 Å². The second-order valence-electron chi connectivity index (χ2n) is 3.95. The molecule has 1 saturated carbocycles. The Kier molecular flexibility index (Phi) is 3.50. The molecule has 72 valence electrons. The van der Waals surface area contributed by atoms with Crippen LogP contribution in [0.4, 0.5) is 0 Å². The summed E-state index contributed by atoms with van der Waals surface area (Å²) in [6, 6.07) is 0. The highest BCUT2D eigenvalue weighted by molar-refractivity contribution is 4.94. The van der Waals surface area contributed by atoms with Crippen LogP contribution >= 0.6 is 0 Å². The van der Waals surface area contributed by atoms with Gasteiger partial charge in [-0.15, -0.1) is 0 Å². The lowest BCUT2D eigenvalue weighted by molar-refractivity contribution is 0.122.